The van der Waals surface area contributed by atoms with E-state index in [-0.39, 0.29) is 16.9 Å². The second-order valence-corrected chi connectivity index (χ2v) is 8.93. The second kappa shape index (κ2) is 6.31. The molecule has 1 atom stereocenters. The molecule has 10 heteroatoms. The van der Waals surface area contributed by atoms with Gasteiger partial charge < -0.3 is 5.11 Å². The van der Waals surface area contributed by atoms with Crippen LogP contribution in [-0.4, -0.2) is 52.9 Å². The molecule has 1 aromatic carbocycles. The molecule has 0 saturated carbocycles. The molecular formula is C12H11NO6S3. The van der Waals surface area contributed by atoms with Crippen molar-refractivity contribution in [2.75, 3.05) is 12.0 Å². The van der Waals surface area contributed by atoms with Crippen LogP contribution < -0.4 is 0 Å². The number of benzene rings is 1. The Balaban J connectivity index is 2.04. The number of hydrogen-bond acceptors (Lipinski definition) is 7. The van der Waals surface area contributed by atoms with Gasteiger partial charge in [0.05, 0.1) is 11.1 Å². The minimum absolute atomic E-state index is 0.272. The summed E-state index contributed by atoms with van der Waals surface area (Å²) >= 11 is 0. The molecule has 118 valence electrons. The van der Waals surface area contributed by atoms with E-state index in [1.54, 1.807) is 12.1 Å². The van der Waals surface area contributed by atoms with E-state index in [2.05, 4.69) is 0 Å². The summed E-state index contributed by atoms with van der Waals surface area (Å²) in [7, 11) is -2.19. The van der Waals surface area contributed by atoms with Crippen molar-refractivity contribution in [2.45, 2.75) is 5.25 Å². The lowest BCUT2D eigenvalue weighted by Crippen LogP contribution is -2.31. The van der Waals surface area contributed by atoms with Crippen molar-refractivity contribution >= 4 is 49.4 Å². The number of carboxylic acids is 1. The fourth-order valence-electron chi connectivity index (χ4n) is 1.76. The molecule has 0 bridgehead atoms. The quantitative estimate of drug-likeness (QED) is 0.455. The summed E-state index contributed by atoms with van der Waals surface area (Å²) in [5.41, 5.74) is 0.553. The highest BCUT2D eigenvalue weighted by Crippen LogP contribution is 2.35. The third-order valence-electron chi connectivity index (χ3n) is 2.90. The lowest BCUT2D eigenvalue weighted by molar-refractivity contribution is -0.136. The van der Waals surface area contributed by atoms with Crippen molar-refractivity contribution in [1.29, 1.82) is 0 Å². The number of carbonyl (C=O) groups is 3. The first-order valence-corrected chi connectivity index (χ1v) is 10.2. The number of amides is 2. The van der Waals surface area contributed by atoms with Gasteiger partial charge in [0.25, 0.3) is 11.8 Å². The Bertz CT molecular complexity index is 710. The van der Waals surface area contributed by atoms with E-state index in [4.69, 9.17) is 5.11 Å². The van der Waals surface area contributed by atoms with Crippen LogP contribution in [0.5, 0.6) is 0 Å². The molecule has 1 unspecified atom stereocenters. The summed E-state index contributed by atoms with van der Waals surface area (Å²) in [4.78, 5) is 35.0. The Morgan fingerprint density at radius 3 is 2.14 bits per heavy atom. The molecule has 0 spiro atoms. The average molecular weight is 361 g/mol. The number of fused-ring (bicyclic) bond motifs is 1. The van der Waals surface area contributed by atoms with Crippen LogP contribution in [0.15, 0.2) is 24.3 Å². The Morgan fingerprint density at radius 2 is 1.73 bits per heavy atom. The second-order valence-electron chi connectivity index (χ2n) is 4.47. The smallest absolute Gasteiger partial charge is 0.322 e. The van der Waals surface area contributed by atoms with Gasteiger partial charge in [-0.1, -0.05) is 22.9 Å². The highest BCUT2D eigenvalue weighted by atomic mass is 33.1. The fourth-order valence-corrected chi connectivity index (χ4v) is 5.65. The molecule has 7 nitrogen and oxygen atoms in total. The van der Waals surface area contributed by atoms with Crippen molar-refractivity contribution in [3.63, 3.8) is 0 Å². The van der Waals surface area contributed by atoms with Gasteiger partial charge in [-0.15, -0.1) is 0 Å². The lowest BCUT2D eigenvalue weighted by atomic mass is 10.1. The maximum absolute atomic E-state index is 12.1. The minimum atomic E-state index is -3.76. The van der Waals surface area contributed by atoms with Crippen molar-refractivity contribution in [3.8, 4) is 0 Å². The van der Waals surface area contributed by atoms with Crippen LogP contribution in [0.2, 0.25) is 0 Å². The van der Waals surface area contributed by atoms with Gasteiger partial charge in [0, 0.05) is 23.0 Å². The molecule has 0 fully saturated rings. The zero-order valence-electron chi connectivity index (χ0n) is 11.3. The highest BCUT2D eigenvalue weighted by molar-refractivity contribution is 8.76. The predicted molar refractivity (Wildman–Crippen MR) is 83.3 cm³/mol. The SMILES string of the molecule is CS(=O)(=O)C(CSSN1C(=O)c2ccccc2C1=O)C(=O)O. The lowest BCUT2D eigenvalue weighted by Gasteiger charge is -2.13. The van der Waals surface area contributed by atoms with Gasteiger partial charge in [0.15, 0.2) is 15.1 Å². The Kier molecular flexibility index (Phi) is 4.83. The van der Waals surface area contributed by atoms with Gasteiger partial charge in [-0.3, -0.25) is 14.4 Å². The van der Waals surface area contributed by atoms with Gasteiger partial charge in [-0.05, 0) is 12.1 Å². The first-order chi connectivity index (χ1) is 10.2. The number of carboxylic acid groups (broad SMARTS) is 1. The molecule has 0 aliphatic carbocycles. The van der Waals surface area contributed by atoms with E-state index >= 15 is 0 Å². The monoisotopic (exact) mass is 361 g/mol. The number of hydrogen-bond donors (Lipinski definition) is 1. The molecule has 1 aliphatic rings. The van der Waals surface area contributed by atoms with Crippen LogP contribution in [-0.2, 0) is 14.6 Å². The summed E-state index contributed by atoms with van der Waals surface area (Å²) in [5.74, 6) is -2.72. The topological polar surface area (TPSA) is 109 Å². The van der Waals surface area contributed by atoms with Gasteiger partial charge in [-0.2, -0.15) is 0 Å². The van der Waals surface area contributed by atoms with Gasteiger partial charge in [0.1, 0.15) is 0 Å². The number of carbonyl (C=O) groups excluding carboxylic acids is 2. The molecule has 1 heterocycles. The molecular weight excluding hydrogens is 350 g/mol. The fraction of sp³-hybridized carbons (Fsp3) is 0.250. The van der Waals surface area contributed by atoms with Gasteiger partial charge in [0.2, 0.25) is 0 Å². The molecule has 1 aliphatic heterocycles. The van der Waals surface area contributed by atoms with Crippen molar-refractivity contribution in [1.82, 2.24) is 4.31 Å². The van der Waals surface area contributed by atoms with E-state index in [0.717, 1.165) is 32.3 Å². The highest BCUT2D eigenvalue weighted by Gasteiger charge is 2.37. The van der Waals surface area contributed by atoms with Crippen molar-refractivity contribution < 1.29 is 27.9 Å². The largest absolute Gasteiger partial charge is 0.480 e. The maximum Gasteiger partial charge on any atom is 0.322 e. The average Bonchev–Trinajstić information content (AvgIpc) is 2.66. The molecule has 0 radical (unpaired) electrons. The molecule has 2 rings (SSSR count). The first kappa shape index (κ1) is 16.8. The maximum atomic E-state index is 12.1. The number of nitrogens with zero attached hydrogens (tertiary/aromatic N) is 1. The Hall–Kier alpha value is -1.52. The molecule has 0 saturated heterocycles. The summed E-state index contributed by atoms with van der Waals surface area (Å²) in [6.45, 7) is 0. The zero-order chi connectivity index (χ0) is 16.5. The van der Waals surface area contributed by atoms with E-state index in [1.165, 1.54) is 12.1 Å². The van der Waals surface area contributed by atoms with Crippen LogP contribution >= 0.6 is 21.8 Å². The number of aliphatic carboxylic acids is 1. The summed E-state index contributed by atoms with van der Waals surface area (Å²) < 4.78 is 23.6. The molecule has 1 aromatic rings. The predicted octanol–water partition coefficient (Wildman–Crippen LogP) is 1.08. The normalized spacial score (nSPS) is 15.8. The number of sulfone groups is 1. The third-order valence-corrected chi connectivity index (χ3v) is 6.74. The number of imide groups is 1. The van der Waals surface area contributed by atoms with Crippen LogP contribution in [0, 0.1) is 0 Å². The van der Waals surface area contributed by atoms with Crippen molar-refractivity contribution in [2.24, 2.45) is 0 Å². The molecule has 0 aromatic heterocycles. The van der Waals surface area contributed by atoms with E-state index in [1.807, 2.05) is 0 Å². The van der Waals surface area contributed by atoms with E-state index in [0.29, 0.717) is 0 Å². The first-order valence-electron chi connectivity index (χ1n) is 5.92. The minimum Gasteiger partial charge on any atom is -0.480 e. The van der Waals surface area contributed by atoms with Crippen LogP contribution in [0.4, 0.5) is 0 Å². The molecule has 1 N–H and O–H groups in total. The van der Waals surface area contributed by atoms with Gasteiger partial charge in [-0.25, -0.2) is 12.7 Å². The molecule has 2 amide bonds. The summed E-state index contributed by atoms with van der Waals surface area (Å²) in [5, 5.41) is 7.31. The number of rotatable bonds is 6. The Morgan fingerprint density at radius 1 is 1.23 bits per heavy atom. The zero-order valence-corrected chi connectivity index (χ0v) is 13.7. The standard InChI is InChI=1S/C12H11NO6S3/c1-22(18,19)9(12(16)17)6-20-21-13-10(14)7-4-2-3-5-8(7)11(13)15/h2-5,9H,6H2,1H3,(H,16,17). The van der Waals surface area contributed by atoms with E-state index < -0.39 is 32.9 Å². The van der Waals surface area contributed by atoms with Crippen molar-refractivity contribution in [3.05, 3.63) is 35.4 Å². The Labute approximate surface area is 134 Å². The van der Waals surface area contributed by atoms with Crippen LogP contribution in [0.25, 0.3) is 0 Å². The van der Waals surface area contributed by atoms with Crippen LogP contribution in [0.3, 0.4) is 0 Å². The summed E-state index contributed by atoms with van der Waals surface area (Å²) in [6.07, 6.45) is 0.832. The molecule has 22 heavy (non-hydrogen) atoms. The van der Waals surface area contributed by atoms with Gasteiger partial charge >= 0.3 is 5.97 Å². The third kappa shape index (κ3) is 3.28. The van der Waals surface area contributed by atoms with E-state index in [9.17, 15) is 22.8 Å². The summed E-state index contributed by atoms with van der Waals surface area (Å²) in [6, 6.07) is 6.32. The van der Waals surface area contributed by atoms with Crippen LogP contribution in [0.1, 0.15) is 20.7 Å².